The van der Waals surface area contributed by atoms with Gasteiger partial charge in [0.1, 0.15) is 11.8 Å². The van der Waals surface area contributed by atoms with E-state index >= 15 is 0 Å². The van der Waals surface area contributed by atoms with Crippen LogP contribution in [0.5, 0.6) is 5.75 Å². The number of amides is 1. The molecule has 7 heteroatoms. The summed E-state index contributed by atoms with van der Waals surface area (Å²) >= 11 is 7.29. The van der Waals surface area contributed by atoms with E-state index in [2.05, 4.69) is 4.99 Å². The molecule has 1 aliphatic heterocycles. The van der Waals surface area contributed by atoms with E-state index in [1.54, 1.807) is 37.4 Å². The van der Waals surface area contributed by atoms with Gasteiger partial charge in [-0.1, -0.05) is 29.8 Å². The van der Waals surface area contributed by atoms with Crippen molar-refractivity contribution in [2.45, 2.75) is 0 Å². The molecule has 1 heterocycles. The van der Waals surface area contributed by atoms with Crippen LogP contribution in [0.4, 0.5) is 5.69 Å². The Morgan fingerprint density at radius 1 is 1.31 bits per heavy atom. The molecule has 1 fully saturated rings. The van der Waals surface area contributed by atoms with Gasteiger partial charge < -0.3 is 4.74 Å². The van der Waals surface area contributed by atoms with Crippen LogP contribution >= 0.6 is 23.4 Å². The van der Waals surface area contributed by atoms with Crippen LogP contribution in [0.2, 0.25) is 5.02 Å². The van der Waals surface area contributed by atoms with Crippen LogP contribution in [0.3, 0.4) is 0 Å². The van der Waals surface area contributed by atoms with Gasteiger partial charge in [0.2, 0.25) is 0 Å². The summed E-state index contributed by atoms with van der Waals surface area (Å²) < 4.78 is 5.22. The van der Waals surface area contributed by atoms with Gasteiger partial charge in [0.25, 0.3) is 5.91 Å². The number of carbonyl (C=O) groups excluding carboxylic acids is 1. The standard InChI is InChI=1S/C19H14ClN3O2S/c1-23-18(24)17(11-13-5-7-16(8-6-13)25-10-9-21)26-19(23)22-15-4-2-3-14(20)12-15/h2-8,11-12H,10H2,1H3/b17-11+,22-19?. The van der Waals surface area contributed by atoms with E-state index in [0.717, 1.165) is 5.56 Å². The molecular formula is C19H14ClN3O2S. The Balaban J connectivity index is 1.80. The molecule has 0 spiro atoms. The summed E-state index contributed by atoms with van der Waals surface area (Å²) in [4.78, 5) is 19.1. The molecule has 0 saturated carbocycles. The molecule has 0 aromatic heterocycles. The maximum Gasteiger partial charge on any atom is 0.266 e. The van der Waals surface area contributed by atoms with Crippen molar-refractivity contribution >= 4 is 46.2 Å². The Bertz CT molecular complexity index is 933. The number of halogens is 1. The number of nitrogens with zero attached hydrogens (tertiary/aromatic N) is 3. The topological polar surface area (TPSA) is 65.7 Å². The van der Waals surface area contributed by atoms with Gasteiger partial charge in [0.15, 0.2) is 11.8 Å². The van der Waals surface area contributed by atoms with Crippen LogP contribution in [-0.4, -0.2) is 29.6 Å². The lowest BCUT2D eigenvalue weighted by molar-refractivity contribution is -0.121. The van der Waals surface area contributed by atoms with Crippen LogP contribution in [0, 0.1) is 11.3 Å². The van der Waals surface area contributed by atoms with Crippen LogP contribution in [0.1, 0.15) is 5.56 Å². The number of carbonyl (C=O) groups is 1. The number of ether oxygens (including phenoxy) is 1. The monoisotopic (exact) mass is 383 g/mol. The van der Waals surface area contributed by atoms with E-state index in [1.165, 1.54) is 16.7 Å². The fraction of sp³-hybridized carbons (Fsp3) is 0.105. The zero-order valence-electron chi connectivity index (χ0n) is 13.8. The van der Waals surface area contributed by atoms with E-state index in [4.69, 9.17) is 21.6 Å². The molecule has 0 aliphatic carbocycles. The van der Waals surface area contributed by atoms with Crippen LogP contribution in [0.15, 0.2) is 58.4 Å². The van der Waals surface area contributed by atoms with Gasteiger partial charge in [-0.05, 0) is 53.7 Å². The van der Waals surface area contributed by atoms with Crippen molar-refractivity contribution in [1.82, 2.24) is 4.90 Å². The number of amidine groups is 1. The third-order valence-corrected chi connectivity index (χ3v) is 4.81. The van der Waals surface area contributed by atoms with E-state index in [-0.39, 0.29) is 12.5 Å². The smallest absolute Gasteiger partial charge is 0.266 e. The number of thioether (sulfide) groups is 1. The van der Waals surface area contributed by atoms with Crippen molar-refractivity contribution in [2.24, 2.45) is 4.99 Å². The zero-order chi connectivity index (χ0) is 18.5. The SMILES string of the molecule is CN1C(=O)/C(=C\c2ccc(OCC#N)cc2)SC1=Nc1cccc(Cl)c1. The molecule has 1 amide bonds. The highest BCUT2D eigenvalue weighted by Gasteiger charge is 2.30. The molecular weight excluding hydrogens is 370 g/mol. The second-order valence-electron chi connectivity index (χ2n) is 5.36. The van der Waals surface area contributed by atoms with Crippen molar-refractivity contribution in [1.29, 1.82) is 5.26 Å². The maximum absolute atomic E-state index is 12.5. The molecule has 0 N–H and O–H groups in total. The normalized spacial score (nSPS) is 17.0. The molecule has 0 radical (unpaired) electrons. The van der Waals surface area contributed by atoms with Gasteiger partial charge in [-0.3, -0.25) is 9.69 Å². The molecule has 0 unspecified atom stereocenters. The maximum atomic E-state index is 12.5. The average molecular weight is 384 g/mol. The number of nitriles is 1. The Kier molecular flexibility index (Phi) is 5.61. The molecule has 130 valence electrons. The summed E-state index contributed by atoms with van der Waals surface area (Å²) in [6, 6.07) is 16.3. The average Bonchev–Trinajstić information content (AvgIpc) is 2.89. The Morgan fingerprint density at radius 2 is 2.08 bits per heavy atom. The largest absolute Gasteiger partial charge is 0.479 e. The molecule has 2 aromatic carbocycles. The fourth-order valence-electron chi connectivity index (χ4n) is 2.24. The number of rotatable bonds is 4. The molecule has 2 aromatic rings. The molecule has 0 bridgehead atoms. The summed E-state index contributed by atoms with van der Waals surface area (Å²) in [5.41, 5.74) is 1.56. The first-order chi connectivity index (χ1) is 12.6. The lowest BCUT2D eigenvalue weighted by Gasteiger charge is -2.07. The summed E-state index contributed by atoms with van der Waals surface area (Å²) in [5, 5.41) is 9.71. The quantitative estimate of drug-likeness (QED) is 0.730. The van der Waals surface area contributed by atoms with Crippen molar-refractivity contribution in [3.8, 4) is 11.8 Å². The Labute approximate surface area is 160 Å². The third kappa shape index (κ3) is 4.26. The number of benzene rings is 2. The van der Waals surface area contributed by atoms with Gasteiger partial charge in [-0.15, -0.1) is 0 Å². The summed E-state index contributed by atoms with van der Waals surface area (Å²) in [7, 11) is 1.69. The van der Waals surface area contributed by atoms with Gasteiger partial charge in [-0.2, -0.15) is 5.26 Å². The highest BCUT2D eigenvalue weighted by Crippen LogP contribution is 2.33. The number of likely N-dealkylation sites (N-methyl/N-ethyl adjacent to an activating group) is 1. The number of hydrogen-bond acceptors (Lipinski definition) is 5. The van der Waals surface area contributed by atoms with Crippen LogP contribution < -0.4 is 4.74 Å². The Hall–Kier alpha value is -2.75. The van der Waals surface area contributed by atoms with Crippen molar-refractivity contribution < 1.29 is 9.53 Å². The zero-order valence-corrected chi connectivity index (χ0v) is 15.4. The lowest BCUT2D eigenvalue weighted by Crippen LogP contribution is -2.23. The predicted octanol–water partition coefficient (Wildman–Crippen LogP) is 4.48. The van der Waals surface area contributed by atoms with Crippen molar-refractivity contribution in [3.63, 3.8) is 0 Å². The van der Waals surface area contributed by atoms with E-state index < -0.39 is 0 Å². The minimum Gasteiger partial charge on any atom is -0.479 e. The first-order valence-electron chi connectivity index (χ1n) is 7.68. The van der Waals surface area contributed by atoms with Gasteiger partial charge in [-0.25, -0.2) is 4.99 Å². The highest BCUT2D eigenvalue weighted by atomic mass is 35.5. The minimum absolute atomic E-state index is 0.00287. The molecule has 26 heavy (non-hydrogen) atoms. The first kappa shape index (κ1) is 18.1. The van der Waals surface area contributed by atoms with Crippen molar-refractivity contribution in [3.05, 3.63) is 64.0 Å². The lowest BCUT2D eigenvalue weighted by atomic mass is 10.2. The van der Waals surface area contributed by atoms with E-state index in [0.29, 0.717) is 26.5 Å². The predicted molar refractivity (Wildman–Crippen MR) is 104 cm³/mol. The molecule has 0 atom stereocenters. The van der Waals surface area contributed by atoms with Gasteiger partial charge in [0, 0.05) is 12.1 Å². The second kappa shape index (κ2) is 8.09. The molecule has 5 nitrogen and oxygen atoms in total. The first-order valence-corrected chi connectivity index (χ1v) is 8.88. The van der Waals surface area contributed by atoms with Gasteiger partial charge in [0.05, 0.1) is 10.6 Å². The third-order valence-electron chi connectivity index (χ3n) is 3.52. The summed E-state index contributed by atoms with van der Waals surface area (Å²) in [6.07, 6.45) is 1.80. The molecule has 1 saturated heterocycles. The van der Waals surface area contributed by atoms with E-state index in [9.17, 15) is 4.79 Å². The second-order valence-corrected chi connectivity index (χ2v) is 6.81. The Morgan fingerprint density at radius 3 is 2.77 bits per heavy atom. The van der Waals surface area contributed by atoms with Crippen molar-refractivity contribution in [2.75, 3.05) is 13.7 Å². The number of hydrogen-bond donors (Lipinski definition) is 0. The van der Waals surface area contributed by atoms with Crippen LogP contribution in [-0.2, 0) is 4.79 Å². The molecule has 3 rings (SSSR count). The van der Waals surface area contributed by atoms with Crippen LogP contribution in [0.25, 0.3) is 6.08 Å². The fourth-order valence-corrected chi connectivity index (χ4v) is 3.41. The molecule has 1 aliphatic rings. The highest BCUT2D eigenvalue weighted by molar-refractivity contribution is 8.18. The summed E-state index contributed by atoms with van der Waals surface area (Å²) in [6.45, 7) is 0.00287. The summed E-state index contributed by atoms with van der Waals surface area (Å²) in [5.74, 6) is 0.500. The minimum atomic E-state index is -0.111. The number of aliphatic imine (C=N–C) groups is 1. The van der Waals surface area contributed by atoms with E-state index in [1.807, 2.05) is 30.3 Å². The van der Waals surface area contributed by atoms with Gasteiger partial charge >= 0.3 is 0 Å².